The number of methoxy groups -OCH3 is 1. The molecule has 128 valence electrons. The average molecular weight is 327 g/mol. The minimum absolute atomic E-state index is 0.199. The molecule has 1 aromatic heterocycles. The van der Waals surface area contributed by atoms with Crippen molar-refractivity contribution >= 4 is 5.91 Å². The molecule has 1 aromatic carbocycles. The second kappa shape index (κ2) is 7.07. The van der Waals surface area contributed by atoms with Crippen molar-refractivity contribution in [3.8, 4) is 5.75 Å². The van der Waals surface area contributed by atoms with Gasteiger partial charge in [-0.1, -0.05) is 12.1 Å². The van der Waals surface area contributed by atoms with Crippen molar-refractivity contribution < 1.29 is 9.53 Å². The summed E-state index contributed by atoms with van der Waals surface area (Å²) in [6, 6.07) is 7.74. The summed E-state index contributed by atoms with van der Waals surface area (Å²) in [5.41, 5.74) is 2.19. The smallest absolute Gasteiger partial charge is 0.227 e. The molecule has 5 nitrogen and oxygen atoms in total. The number of amides is 1. The van der Waals surface area contributed by atoms with E-state index in [0.29, 0.717) is 12.3 Å². The highest BCUT2D eigenvalue weighted by Gasteiger charge is 2.27. The maximum Gasteiger partial charge on any atom is 0.227 e. The molecule has 5 heteroatoms. The monoisotopic (exact) mass is 327 g/mol. The minimum atomic E-state index is 0.199. The highest BCUT2D eigenvalue weighted by molar-refractivity contribution is 5.79. The van der Waals surface area contributed by atoms with Crippen molar-refractivity contribution in [1.29, 1.82) is 0 Å². The van der Waals surface area contributed by atoms with E-state index in [1.165, 1.54) is 5.69 Å². The molecule has 0 N–H and O–H groups in total. The Hall–Kier alpha value is -2.30. The third kappa shape index (κ3) is 3.61. The lowest BCUT2D eigenvalue weighted by Crippen LogP contribution is -2.30. The molecule has 1 aliphatic heterocycles. The molecule has 0 saturated carbocycles. The fourth-order valence-electron chi connectivity index (χ4n) is 3.39. The molecule has 1 saturated heterocycles. The van der Waals surface area contributed by atoms with Crippen molar-refractivity contribution in [3.63, 3.8) is 0 Å². The number of carbonyl (C=O) groups is 1. The van der Waals surface area contributed by atoms with E-state index in [-0.39, 0.29) is 5.91 Å². The van der Waals surface area contributed by atoms with E-state index in [0.717, 1.165) is 43.2 Å². The van der Waals surface area contributed by atoms with Gasteiger partial charge in [-0.15, -0.1) is 0 Å². The van der Waals surface area contributed by atoms with Gasteiger partial charge in [0.2, 0.25) is 5.91 Å². The molecule has 1 fully saturated rings. The van der Waals surface area contributed by atoms with Crippen LogP contribution in [-0.4, -0.2) is 40.6 Å². The molecule has 1 aliphatic rings. The Morgan fingerprint density at radius 2 is 2.21 bits per heavy atom. The molecular weight excluding hydrogens is 302 g/mol. The maximum absolute atomic E-state index is 12.6. The molecular formula is C19H25N3O2. The van der Waals surface area contributed by atoms with Crippen LogP contribution in [-0.2, 0) is 17.8 Å². The number of carbonyl (C=O) groups excluding carboxylic acids is 1. The van der Waals surface area contributed by atoms with Crippen LogP contribution in [0.2, 0.25) is 0 Å². The van der Waals surface area contributed by atoms with Crippen molar-refractivity contribution in [2.45, 2.75) is 33.2 Å². The van der Waals surface area contributed by atoms with Crippen LogP contribution in [0, 0.1) is 19.8 Å². The second-order valence-electron chi connectivity index (χ2n) is 6.58. The molecule has 0 radical (unpaired) electrons. The van der Waals surface area contributed by atoms with Crippen LogP contribution in [0.3, 0.4) is 0 Å². The van der Waals surface area contributed by atoms with Crippen LogP contribution >= 0.6 is 0 Å². The van der Waals surface area contributed by atoms with Gasteiger partial charge in [0.15, 0.2) is 0 Å². The first-order chi connectivity index (χ1) is 11.6. The maximum atomic E-state index is 12.6. The Labute approximate surface area is 143 Å². The van der Waals surface area contributed by atoms with Gasteiger partial charge in [-0.05, 0) is 43.9 Å². The number of likely N-dealkylation sites (tertiary alicyclic amines) is 1. The fourth-order valence-corrected chi connectivity index (χ4v) is 3.39. The van der Waals surface area contributed by atoms with E-state index in [1.807, 2.05) is 42.3 Å². The quantitative estimate of drug-likeness (QED) is 0.848. The number of hydrogen-bond acceptors (Lipinski definition) is 3. The molecule has 0 bridgehead atoms. The number of rotatable bonds is 5. The number of nitrogens with zero attached hydrogens (tertiary/aromatic N) is 3. The molecule has 1 amide bonds. The number of aromatic nitrogens is 2. The van der Waals surface area contributed by atoms with Gasteiger partial charge >= 0.3 is 0 Å². The highest BCUT2D eigenvalue weighted by atomic mass is 16.5. The van der Waals surface area contributed by atoms with Crippen molar-refractivity contribution in [2.24, 2.45) is 5.92 Å². The van der Waals surface area contributed by atoms with Gasteiger partial charge in [-0.2, -0.15) is 0 Å². The second-order valence-corrected chi connectivity index (χ2v) is 6.58. The van der Waals surface area contributed by atoms with E-state index in [2.05, 4.69) is 16.5 Å². The summed E-state index contributed by atoms with van der Waals surface area (Å²) >= 11 is 0. The van der Waals surface area contributed by atoms with Crippen LogP contribution in [0.4, 0.5) is 0 Å². The predicted octanol–water partition coefficient (Wildman–Crippen LogP) is 2.60. The van der Waals surface area contributed by atoms with E-state index < -0.39 is 0 Å². The normalized spacial score (nSPS) is 17.3. The van der Waals surface area contributed by atoms with E-state index in [4.69, 9.17) is 4.74 Å². The minimum Gasteiger partial charge on any atom is -0.497 e. The molecule has 24 heavy (non-hydrogen) atoms. The van der Waals surface area contributed by atoms with E-state index in [9.17, 15) is 4.79 Å². The van der Waals surface area contributed by atoms with Gasteiger partial charge in [-0.25, -0.2) is 4.98 Å². The zero-order chi connectivity index (χ0) is 17.1. The van der Waals surface area contributed by atoms with Gasteiger partial charge in [0.1, 0.15) is 11.6 Å². The standard InChI is InChI=1S/C19H25N3O2/c1-14-11-20-15(2)22(14)13-17-7-8-21(12-17)19(23)10-16-5-4-6-18(9-16)24-3/h4-6,9,11,17H,7-8,10,12-13H2,1-3H3. The van der Waals surface area contributed by atoms with Gasteiger partial charge in [0.05, 0.1) is 13.5 Å². The fraction of sp³-hybridized carbons (Fsp3) is 0.474. The van der Waals surface area contributed by atoms with Crippen LogP contribution < -0.4 is 4.74 Å². The Morgan fingerprint density at radius 3 is 2.92 bits per heavy atom. The number of benzene rings is 1. The predicted molar refractivity (Wildman–Crippen MR) is 93.1 cm³/mol. The Morgan fingerprint density at radius 1 is 1.38 bits per heavy atom. The summed E-state index contributed by atoms with van der Waals surface area (Å²) in [6.45, 7) is 6.75. The van der Waals surface area contributed by atoms with Gasteiger partial charge in [-0.3, -0.25) is 4.79 Å². The number of hydrogen-bond donors (Lipinski definition) is 0. The third-order valence-electron chi connectivity index (χ3n) is 4.82. The summed E-state index contributed by atoms with van der Waals surface area (Å²) in [5.74, 6) is 2.55. The SMILES string of the molecule is COc1cccc(CC(=O)N2CCC(Cn3c(C)cnc3C)C2)c1. The lowest BCUT2D eigenvalue weighted by molar-refractivity contribution is -0.129. The lowest BCUT2D eigenvalue weighted by Gasteiger charge is -2.18. The number of imidazole rings is 1. The van der Waals surface area contributed by atoms with Gasteiger partial charge < -0.3 is 14.2 Å². The molecule has 1 atom stereocenters. The first kappa shape index (κ1) is 16.6. The largest absolute Gasteiger partial charge is 0.497 e. The topological polar surface area (TPSA) is 47.4 Å². The first-order valence-corrected chi connectivity index (χ1v) is 8.46. The number of aryl methyl sites for hydroxylation is 2. The van der Waals surface area contributed by atoms with Gasteiger partial charge in [0, 0.05) is 31.5 Å². The Balaban J connectivity index is 1.57. The Bertz CT molecular complexity index is 704. The Kier molecular flexibility index (Phi) is 4.88. The van der Waals surface area contributed by atoms with Crippen molar-refractivity contribution in [2.75, 3.05) is 20.2 Å². The molecule has 3 rings (SSSR count). The number of ether oxygens (including phenoxy) is 1. The third-order valence-corrected chi connectivity index (χ3v) is 4.82. The first-order valence-electron chi connectivity index (χ1n) is 8.46. The van der Waals surface area contributed by atoms with E-state index >= 15 is 0 Å². The zero-order valence-corrected chi connectivity index (χ0v) is 14.7. The van der Waals surface area contributed by atoms with Crippen LogP contribution in [0.1, 0.15) is 23.5 Å². The zero-order valence-electron chi connectivity index (χ0n) is 14.7. The van der Waals surface area contributed by atoms with Crippen LogP contribution in [0.5, 0.6) is 5.75 Å². The van der Waals surface area contributed by atoms with Crippen LogP contribution in [0.15, 0.2) is 30.5 Å². The van der Waals surface area contributed by atoms with E-state index in [1.54, 1.807) is 7.11 Å². The van der Waals surface area contributed by atoms with Crippen molar-refractivity contribution in [3.05, 3.63) is 47.5 Å². The molecule has 2 aromatic rings. The summed E-state index contributed by atoms with van der Waals surface area (Å²) in [6.07, 6.45) is 3.41. The molecule has 1 unspecified atom stereocenters. The van der Waals surface area contributed by atoms with Gasteiger partial charge in [0.25, 0.3) is 0 Å². The highest BCUT2D eigenvalue weighted by Crippen LogP contribution is 2.21. The summed E-state index contributed by atoms with van der Waals surface area (Å²) in [5, 5.41) is 0. The summed E-state index contributed by atoms with van der Waals surface area (Å²) < 4.78 is 7.48. The summed E-state index contributed by atoms with van der Waals surface area (Å²) in [7, 11) is 1.64. The molecule has 2 heterocycles. The molecule has 0 spiro atoms. The summed E-state index contributed by atoms with van der Waals surface area (Å²) in [4.78, 5) is 18.9. The average Bonchev–Trinajstić information content (AvgIpc) is 3.17. The molecule has 0 aliphatic carbocycles. The van der Waals surface area contributed by atoms with Crippen molar-refractivity contribution in [1.82, 2.24) is 14.5 Å². The lowest BCUT2D eigenvalue weighted by atomic mass is 10.1. The van der Waals surface area contributed by atoms with Crippen LogP contribution in [0.25, 0.3) is 0 Å².